The first-order valence-corrected chi connectivity index (χ1v) is 7.42. The second-order valence-electron chi connectivity index (χ2n) is 5.93. The zero-order valence-electron chi connectivity index (χ0n) is 12.0. The summed E-state index contributed by atoms with van der Waals surface area (Å²) >= 11 is 0. The van der Waals surface area contributed by atoms with Gasteiger partial charge < -0.3 is 10.4 Å². The highest BCUT2D eigenvalue weighted by Crippen LogP contribution is 2.28. The summed E-state index contributed by atoms with van der Waals surface area (Å²) in [6.45, 7) is 6.42. The van der Waals surface area contributed by atoms with Crippen LogP contribution in [0.5, 0.6) is 0 Å². The minimum Gasteiger partial charge on any atom is -0.396 e. The highest BCUT2D eigenvalue weighted by Gasteiger charge is 2.24. The van der Waals surface area contributed by atoms with Crippen LogP contribution in [0.3, 0.4) is 0 Å². The average Bonchev–Trinajstić information content (AvgIpc) is 2.83. The molecule has 0 aliphatic heterocycles. The Bertz CT molecular complexity index is 379. The smallest absolute Gasteiger partial charge is 0.0964 e. The van der Waals surface area contributed by atoms with Crippen molar-refractivity contribution in [3.63, 3.8) is 0 Å². The van der Waals surface area contributed by atoms with Crippen molar-refractivity contribution >= 4 is 0 Å². The largest absolute Gasteiger partial charge is 0.396 e. The van der Waals surface area contributed by atoms with Gasteiger partial charge in [0.1, 0.15) is 0 Å². The van der Waals surface area contributed by atoms with Crippen LogP contribution in [0, 0.1) is 11.8 Å². The second kappa shape index (κ2) is 7.01. The van der Waals surface area contributed by atoms with Crippen LogP contribution < -0.4 is 5.32 Å². The van der Waals surface area contributed by atoms with Crippen molar-refractivity contribution < 1.29 is 5.11 Å². The number of nitrogens with zero attached hydrogens (tertiary/aromatic N) is 3. The van der Waals surface area contributed by atoms with E-state index in [2.05, 4.69) is 29.5 Å². The Hall–Kier alpha value is -0.940. The second-order valence-corrected chi connectivity index (χ2v) is 5.93. The van der Waals surface area contributed by atoms with Crippen LogP contribution in [0.1, 0.15) is 45.2 Å². The first kappa shape index (κ1) is 14.5. The van der Waals surface area contributed by atoms with Crippen LogP contribution in [-0.2, 0) is 13.1 Å². The zero-order valence-corrected chi connectivity index (χ0v) is 12.0. The van der Waals surface area contributed by atoms with Crippen molar-refractivity contribution in [2.24, 2.45) is 11.8 Å². The van der Waals surface area contributed by atoms with Crippen LogP contribution in [0.25, 0.3) is 0 Å². The third-order valence-corrected chi connectivity index (χ3v) is 4.11. The maximum absolute atomic E-state index is 8.78. The highest BCUT2D eigenvalue weighted by molar-refractivity contribution is 4.93. The Morgan fingerprint density at radius 3 is 3.00 bits per heavy atom. The maximum atomic E-state index is 8.78. The molecule has 1 saturated carbocycles. The number of nitrogens with one attached hydrogen (secondary N) is 1. The molecule has 0 amide bonds. The van der Waals surface area contributed by atoms with Gasteiger partial charge in [-0.1, -0.05) is 19.1 Å². The summed E-state index contributed by atoms with van der Waals surface area (Å²) in [5, 5.41) is 20.6. The molecule has 5 heteroatoms. The van der Waals surface area contributed by atoms with Gasteiger partial charge >= 0.3 is 0 Å². The Labute approximate surface area is 115 Å². The summed E-state index contributed by atoms with van der Waals surface area (Å²) in [6, 6.07) is 0.610. The summed E-state index contributed by atoms with van der Waals surface area (Å²) in [4.78, 5) is 0. The van der Waals surface area contributed by atoms with Gasteiger partial charge in [-0.15, -0.1) is 5.10 Å². The van der Waals surface area contributed by atoms with Gasteiger partial charge in [-0.05, 0) is 37.5 Å². The van der Waals surface area contributed by atoms with Crippen molar-refractivity contribution in [1.82, 2.24) is 20.3 Å². The van der Waals surface area contributed by atoms with E-state index < -0.39 is 0 Å². The van der Waals surface area contributed by atoms with E-state index in [0.717, 1.165) is 37.0 Å². The molecule has 2 rings (SSSR count). The molecular weight excluding hydrogens is 240 g/mol. The molecule has 0 bridgehead atoms. The topological polar surface area (TPSA) is 63.0 Å². The lowest BCUT2D eigenvalue weighted by molar-refractivity contribution is 0.226. The molecule has 108 valence electrons. The van der Waals surface area contributed by atoms with E-state index in [4.69, 9.17) is 5.11 Å². The Kier molecular flexibility index (Phi) is 5.34. The number of aromatic nitrogens is 3. The van der Waals surface area contributed by atoms with E-state index in [9.17, 15) is 0 Å². The lowest BCUT2D eigenvalue weighted by Crippen LogP contribution is -2.38. The van der Waals surface area contributed by atoms with Gasteiger partial charge in [-0.2, -0.15) is 0 Å². The van der Waals surface area contributed by atoms with Crippen LogP contribution in [-0.4, -0.2) is 32.7 Å². The standard InChI is InChI=1S/C14H26N4O/c1-11-4-5-14(12(2)8-11)15-9-13-10-18(17-16-13)6-3-7-19/h10-12,14-15,19H,3-9H2,1-2H3. The van der Waals surface area contributed by atoms with E-state index in [0.29, 0.717) is 6.04 Å². The van der Waals surface area contributed by atoms with Crippen LogP contribution >= 0.6 is 0 Å². The number of hydrogen-bond donors (Lipinski definition) is 2. The van der Waals surface area contributed by atoms with Gasteiger partial charge in [-0.25, -0.2) is 0 Å². The summed E-state index contributed by atoms with van der Waals surface area (Å²) < 4.78 is 1.81. The molecule has 0 radical (unpaired) electrons. The zero-order chi connectivity index (χ0) is 13.7. The fraction of sp³-hybridized carbons (Fsp3) is 0.857. The van der Waals surface area contributed by atoms with Crippen molar-refractivity contribution in [3.05, 3.63) is 11.9 Å². The van der Waals surface area contributed by atoms with Crippen molar-refractivity contribution in [1.29, 1.82) is 0 Å². The van der Waals surface area contributed by atoms with Gasteiger partial charge in [0.15, 0.2) is 0 Å². The Balaban J connectivity index is 1.77. The summed E-state index contributed by atoms with van der Waals surface area (Å²) in [7, 11) is 0. The first-order chi connectivity index (χ1) is 9.19. The van der Waals surface area contributed by atoms with Crippen LogP contribution in [0.15, 0.2) is 6.20 Å². The van der Waals surface area contributed by atoms with E-state index in [1.165, 1.54) is 19.3 Å². The van der Waals surface area contributed by atoms with Crippen LogP contribution in [0.4, 0.5) is 0 Å². The monoisotopic (exact) mass is 266 g/mol. The van der Waals surface area contributed by atoms with E-state index in [-0.39, 0.29) is 6.61 Å². The minimum atomic E-state index is 0.200. The highest BCUT2D eigenvalue weighted by atomic mass is 16.3. The molecule has 1 aliphatic rings. The number of rotatable bonds is 6. The lowest BCUT2D eigenvalue weighted by Gasteiger charge is -2.33. The quantitative estimate of drug-likeness (QED) is 0.820. The fourth-order valence-electron chi connectivity index (χ4n) is 2.97. The molecular formula is C14H26N4O. The molecule has 1 aromatic heterocycles. The molecule has 0 spiro atoms. The van der Waals surface area contributed by atoms with Gasteiger partial charge in [0.2, 0.25) is 0 Å². The number of aliphatic hydroxyl groups is 1. The number of aryl methyl sites for hydroxylation is 1. The predicted molar refractivity (Wildman–Crippen MR) is 74.5 cm³/mol. The first-order valence-electron chi connectivity index (χ1n) is 7.42. The molecule has 3 unspecified atom stereocenters. The van der Waals surface area contributed by atoms with Gasteiger partial charge in [0.05, 0.1) is 5.69 Å². The van der Waals surface area contributed by atoms with E-state index in [1.807, 2.05) is 6.20 Å². The molecule has 0 saturated heterocycles. The molecule has 5 nitrogen and oxygen atoms in total. The minimum absolute atomic E-state index is 0.200. The van der Waals surface area contributed by atoms with Crippen molar-refractivity contribution in [3.8, 4) is 0 Å². The van der Waals surface area contributed by atoms with E-state index in [1.54, 1.807) is 4.68 Å². The third kappa shape index (κ3) is 4.28. The number of aliphatic hydroxyl groups excluding tert-OH is 1. The normalized spacial score (nSPS) is 27.6. The number of hydrogen-bond acceptors (Lipinski definition) is 4. The SMILES string of the molecule is CC1CCC(NCc2cn(CCCO)nn2)C(C)C1. The van der Waals surface area contributed by atoms with Gasteiger partial charge in [-0.3, -0.25) is 4.68 Å². The third-order valence-electron chi connectivity index (χ3n) is 4.11. The summed E-state index contributed by atoms with van der Waals surface area (Å²) in [5.41, 5.74) is 0.990. The fourth-order valence-corrected chi connectivity index (χ4v) is 2.97. The van der Waals surface area contributed by atoms with Gasteiger partial charge in [0.25, 0.3) is 0 Å². The average molecular weight is 266 g/mol. The molecule has 1 aliphatic carbocycles. The summed E-state index contributed by atoms with van der Waals surface area (Å²) in [6.07, 6.45) is 6.61. The molecule has 2 N–H and O–H groups in total. The Morgan fingerprint density at radius 1 is 1.42 bits per heavy atom. The molecule has 1 aromatic rings. The molecule has 19 heavy (non-hydrogen) atoms. The molecule has 3 atom stereocenters. The molecule has 0 aromatic carbocycles. The van der Waals surface area contributed by atoms with Crippen molar-refractivity contribution in [2.45, 2.75) is 58.7 Å². The van der Waals surface area contributed by atoms with Gasteiger partial charge in [0, 0.05) is 31.9 Å². The van der Waals surface area contributed by atoms with E-state index >= 15 is 0 Å². The molecule has 1 fully saturated rings. The predicted octanol–water partition coefficient (Wildman–Crippen LogP) is 1.57. The maximum Gasteiger partial charge on any atom is 0.0964 e. The van der Waals surface area contributed by atoms with Crippen LogP contribution in [0.2, 0.25) is 0 Å². The van der Waals surface area contributed by atoms with Crippen molar-refractivity contribution in [2.75, 3.05) is 6.61 Å². The Morgan fingerprint density at radius 2 is 2.26 bits per heavy atom. The lowest BCUT2D eigenvalue weighted by atomic mass is 9.80. The molecule has 1 heterocycles. The summed E-state index contributed by atoms with van der Waals surface area (Å²) in [5.74, 6) is 1.61.